The number of carbonyl (C=O) groups is 2. The van der Waals surface area contributed by atoms with E-state index in [1.54, 1.807) is 12.1 Å². The van der Waals surface area contributed by atoms with Gasteiger partial charge in [-0.3, -0.25) is 9.78 Å². The van der Waals surface area contributed by atoms with E-state index in [1.165, 1.54) is 52.7 Å². The molecule has 0 saturated heterocycles. The molecule has 0 aromatic heterocycles. The fourth-order valence-electron chi connectivity index (χ4n) is 3.71. The van der Waals surface area contributed by atoms with Crippen LogP contribution < -0.4 is 18.9 Å². The highest BCUT2D eigenvalue weighted by atomic mass is 17.2. The topological polar surface area (TPSA) is 108 Å². The predicted molar refractivity (Wildman–Crippen MR) is 127 cm³/mol. The van der Waals surface area contributed by atoms with Crippen LogP contribution in [0.4, 0.5) is 0 Å². The van der Waals surface area contributed by atoms with Crippen LogP contribution in [0.15, 0.2) is 36.4 Å². The van der Waals surface area contributed by atoms with Gasteiger partial charge in [0.05, 0.1) is 39.6 Å². The van der Waals surface area contributed by atoms with Gasteiger partial charge in [0.15, 0.2) is 23.0 Å². The molecule has 194 valence electrons. The van der Waals surface area contributed by atoms with Crippen molar-refractivity contribution in [3.8, 4) is 23.0 Å². The lowest BCUT2D eigenvalue weighted by molar-refractivity contribution is -0.380. The minimum atomic E-state index is -1.34. The summed E-state index contributed by atoms with van der Waals surface area (Å²) in [4.78, 5) is 46.3. The summed E-state index contributed by atoms with van der Waals surface area (Å²) >= 11 is 0. The Morgan fingerprint density at radius 1 is 0.806 bits per heavy atom. The molecule has 3 rings (SSSR count). The molecule has 0 amide bonds. The highest BCUT2D eigenvalue weighted by Crippen LogP contribution is 2.37. The Balaban J connectivity index is 1.66. The molecule has 2 aromatic carbocycles. The molecule has 0 N–H and O–H groups in total. The first kappa shape index (κ1) is 27.1. The second-order valence-corrected chi connectivity index (χ2v) is 8.25. The van der Waals surface area contributed by atoms with E-state index in [-0.39, 0.29) is 17.0 Å². The molecule has 1 aliphatic carbocycles. The second-order valence-electron chi connectivity index (χ2n) is 8.25. The second kappa shape index (κ2) is 12.0. The Labute approximate surface area is 210 Å². The molecule has 0 heterocycles. The molecular formula is C26H30O10. The highest BCUT2D eigenvalue weighted by molar-refractivity contribution is 5.90. The van der Waals surface area contributed by atoms with E-state index in [2.05, 4.69) is 13.8 Å². The minimum absolute atomic E-state index is 0.00481. The quantitative estimate of drug-likeness (QED) is 0.347. The fraction of sp³-hybridized carbons (Fsp3) is 0.385. The van der Waals surface area contributed by atoms with Crippen LogP contribution in [0.25, 0.3) is 0 Å². The van der Waals surface area contributed by atoms with Gasteiger partial charge in [0, 0.05) is 0 Å². The molecule has 36 heavy (non-hydrogen) atoms. The van der Waals surface area contributed by atoms with Crippen LogP contribution in [0, 0.1) is 19.8 Å². The van der Waals surface area contributed by atoms with E-state index in [0.29, 0.717) is 42.3 Å². The maximum atomic E-state index is 12.6. The summed E-state index contributed by atoms with van der Waals surface area (Å²) in [5, 5.41) is 0. The molecule has 2 aromatic rings. The number of hydrogen-bond donors (Lipinski definition) is 0. The van der Waals surface area contributed by atoms with E-state index < -0.39 is 23.6 Å². The van der Waals surface area contributed by atoms with Crippen molar-refractivity contribution in [2.75, 3.05) is 28.4 Å². The summed E-state index contributed by atoms with van der Waals surface area (Å²) < 4.78 is 20.8. The third kappa shape index (κ3) is 6.19. The van der Waals surface area contributed by atoms with Gasteiger partial charge in [-0.1, -0.05) is 6.92 Å². The van der Waals surface area contributed by atoms with Crippen molar-refractivity contribution in [2.45, 2.75) is 31.0 Å². The first-order chi connectivity index (χ1) is 17.2. The van der Waals surface area contributed by atoms with Crippen molar-refractivity contribution < 1.29 is 48.1 Å². The van der Waals surface area contributed by atoms with E-state index in [0.717, 1.165) is 0 Å². The van der Waals surface area contributed by atoms with Gasteiger partial charge in [0.2, 0.25) is 0 Å². The number of carbonyl (C=O) groups excluding carboxylic acids is 2. The van der Waals surface area contributed by atoms with Crippen molar-refractivity contribution in [1.82, 2.24) is 0 Å². The zero-order valence-corrected chi connectivity index (χ0v) is 20.7. The maximum absolute atomic E-state index is 12.6. The van der Waals surface area contributed by atoms with E-state index >= 15 is 0 Å². The average molecular weight is 503 g/mol. The molecule has 1 saturated carbocycles. The Morgan fingerprint density at radius 3 is 1.81 bits per heavy atom. The molecule has 10 nitrogen and oxygen atoms in total. The van der Waals surface area contributed by atoms with Crippen molar-refractivity contribution in [1.29, 1.82) is 0 Å². The van der Waals surface area contributed by atoms with Crippen molar-refractivity contribution in [3.63, 3.8) is 0 Å². The summed E-state index contributed by atoms with van der Waals surface area (Å²) in [7, 11) is 5.89. The maximum Gasteiger partial charge on any atom is 0.373 e. The van der Waals surface area contributed by atoms with Crippen molar-refractivity contribution in [3.05, 3.63) is 61.4 Å². The Hall–Kier alpha value is -3.50. The summed E-state index contributed by atoms with van der Waals surface area (Å²) in [5.41, 5.74) is -0.970. The summed E-state index contributed by atoms with van der Waals surface area (Å²) in [5.74, 6) is 0.112. The fourth-order valence-corrected chi connectivity index (χ4v) is 3.71. The first-order valence-electron chi connectivity index (χ1n) is 11.1. The monoisotopic (exact) mass is 502 g/mol. The summed E-state index contributed by atoms with van der Waals surface area (Å²) in [6, 6.07) is 9.10. The summed E-state index contributed by atoms with van der Waals surface area (Å²) in [6.07, 6.45) is 0.493. The van der Waals surface area contributed by atoms with Crippen LogP contribution in [-0.2, 0) is 19.6 Å². The molecule has 1 aliphatic rings. The van der Waals surface area contributed by atoms with Gasteiger partial charge in [0.1, 0.15) is 11.7 Å². The number of rotatable bonds is 10. The van der Waals surface area contributed by atoms with Crippen LogP contribution >= 0.6 is 0 Å². The molecule has 0 bridgehead atoms. The van der Waals surface area contributed by atoms with Crippen molar-refractivity contribution in [2.24, 2.45) is 5.92 Å². The molecule has 3 unspecified atom stereocenters. The lowest BCUT2D eigenvalue weighted by Gasteiger charge is -2.39. The highest BCUT2D eigenvalue weighted by Gasteiger charge is 2.45. The SMILES string of the molecule is [CH2]C1CCC([CH2])(OOC(=O)c2ccc(OC)c(OC)c2)C(OOC(=O)c2ccc(OC)c(OC)c2)C1. The molecule has 3 atom stereocenters. The van der Waals surface area contributed by atoms with Crippen LogP contribution in [0.5, 0.6) is 23.0 Å². The number of ether oxygens (including phenoxy) is 4. The lowest BCUT2D eigenvalue weighted by atomic mass is 9.78. The van der Waals surface area contributed by atoms with Crippen molar-refractivity contribution >= 4 is 11.9 Å². The van der Waals surface area contributed by atoms with Gasteiger partial charge >= 0.3 is 11.9 Å². The predicted octanol–water partition coefficient (Wildman–Crippen LogP) is 4.17. The Morgan fingerprint density at radius 2 is 1.31 bits per heavy atom. The molecular weight excluding hydrogens is 472 g/mol. The van der Waals surface area contributed by atoms with Crippen LogP contribution in [0.2, 0.25) is 0 Å². The number of benzene rings is 2. The van der Waals surface area contributed by atoms with Crippen LogP contribution in [-0.4, -0.2) is 52.1 Å². The summed E-state index contributed by atoms with van der Waals surface area (Å²) in [6.45, 7) is 8.10. The minimum Gasteiger partial charge on any atom is -0.493 e. The van der Waals surface area contributed by atoms with E-state index in [4.69, 9.17) is 38.5 Å². The van der Waals surface area contributed by atoms with Crippen LogP contribution in [0.3, 0.4) is 0 Å². The van der Waals surface area contributed by atoms with Gasteiger partial charge < -0.3 is 18.9 Å². The lowest BCUT2D eigenvalue weighted by Crippen LogP contribution is -2.48. The first-order valence-corrected chi connectivity index (χ1v) is 11.1. The van der Waals surface area contributed by atoms with Crippen LogP contribution in [0.1, 0.15) is 40.0 Å². The van der Waals surface area contributed by atoms with Gasteiger partial charge in [0.25, 0.3) is 0 Å². The van der Waals surface area contributed by atoms with Gasteiger partial charge in [-0.05, 0) is 68.5 Å². The van der Waals surface area contributed by atoms with Gasteiger partial charge in [-0.15, -0.1) is 0 Å². The smallest absolute Gasteiger partial charge is 0.373 e. The Kier molecular flexibility index (Phi) is 9.00. The number of hydrogen-bond acceptors (Lipinski definition) is 10. The molecule has 2 radical (unpaired) electrons. The van der Waals surface area contributed by atoms with E-state index in [9.17, 15) is 9.59 Å². The normalized spacial score (nSPS) is 21.3. The van der Waals surface area contributed by atoms with Gasteiger partial charge in [-0.2, -0.15) is 9.78 Å². The third-order valence-electron chi connectivity index (χ3n) is 5.87. The zero-order valence-electron chi connectivity index (χ0n) is 20.7. The zero-order chi connectivity index (χ0) is 26.3. The largest absolute Gasteiger partial charge is 0.493 e. The Bertz CT molecular complexity index is 1070. The molecule has 0 aliphatic heterocycles. The average Bonchev–Trinajstić information content (AvgIpc) is 2.91. The third-order valence-corrected chi connectivity index (χ3v) is 5.87. The van der Waals surface area contributed by atoms with E-state index in [1.807, 2.05) is 0 Å². The molecule has 1 fully saturated rings. The molecule has 0 spiro atoms. The van der Waals surface area contributed by atoms with Gasteiger partial charge in [-0.25, -0.2) is 9.59 Å². The standard InChI is InChI=1S/C26H30O10/c1-16-11-12-26(2,36-35-25(28)18-8-10-20(30-4)22(15-18)32-6)23(13-16)33-34-24(27)17-7-9-19(29-3)21(14-17)31-5/h7-10,14-16,23H,1-2,11-13H2,3-6H3. The number of methoxy groups -OCH3 is 4. The molecule has 10 heteroatoms.